The molecule has 0 unspecified atom stereocenters. The van der Waals surface area contributed by atoms with Gasteiger partial charge in [0.05, 0.1) is 13.5 Å². The molecular weight excluding hydrogens is 388 g/mol. The van der Waals surface area contributed by atoms with Gasteiger partial charge in [0.25, 0.3) is 0 Å². The van der Waals surface area contributed by atoms with Crippen molar-refractivity contribution in [2.75, 3.05) is 7.11 Å². The second kappa shape index (κ2) is 10.6. The molecule has 0 heterocycles. The van der Waals surface area contributed by atoms with Gasteiger partial charge in [-0.05, 0) is 42.7 Å². The molecule has 0 radical (unpaired) electrons. The van der Waals surface area contributed by atoms with Gasteiger partial charge in [-0.15, -0.1) is 0 Å². The van der Waals surface area contributed by atoms with E-state index in [1.807, 2.05) is 12.1 Å². The highest BCUT2D eigenvalue weighted by Gasteiger charge is 2.23. The van der Waals surface area contributed by atoms with Gasteiger partial charge in [-0.2, -0.15) is 0 Å². The van der Waals surface area contributed by atoms with Crippen LogP contribution in [0.3, 0.4) is 0 Å². The molecule has 0 saturated heterocycles. The Hall–Kier alpha value is -3.40. The lowest BCUT2D eigenvalue weighted by Gasteiger charge is -2.26. The number of hydrogen-bond acceptors (Lipinski definition) is 4. The van der Waals surface area contributed by atoms with Gasteiger partial charge in [-0.3, -0.25) is 4.79 Å². The SMILES string of the molecule is C=C/C(=C\C=C(/C)C(=O)Oc1ccc(C(C)(C)c2ccc(C)cc2)cc1)CC(=O)OC. The van der Waals surface area contributed by atoms with Crippen molar-refractivity contribution >= 4 is 11.9 Å². The summed E-state index contributed by atoms with van der Waals surface area (Å²) in [6.07, 6.45) is 4.92. The Bertz CT molecular complexity index is 991. The van der Waals surface area contributed by atoms with Crippen molar-refractivity contribution in [1.29, 1.82) is 0 Å². The highest BCUT2D eigenvalue weighted by molar-refractivity contribution is 5.90. The number of rotatable bonds is 8. The summed E-state index contributed by atoms with van der Waals surface area (Å²) in [5, 5.41) is 0. The first-order valence-corrected chi connectivity index (χ1v) is 10.1. The summed E-state index contributed by atoms with van der Waals surface area (Å²) >= 11 is 0. The van der Waals surface area contributed by atoms with E-state index in [1.165, 1.54) is 18.2 Å². The predicted octanol–water partition coefficient (Wildman–Crippen LogP) is 5.85. The van der Waals surface area contributed by atoms with E-state index in [1.54, 1.807) is 37.3 Å². The Morgan fingerprint density at radius 3 is 2.03 bits per heavy atom. The van der Waals surface area contributed by atoms with Crippen molar-refractivity contribution in [3.63, 3.8) is 0 Å². The summed E-state index contributed by atoms with van der Waals surface area (Å²) < 4.78 is 10.1. The van der Waals surface area contributed by atoms with Crippen LogP contribution in [0, 0.1) is 6.92 Å². The van der Waals surface area contributed by atoms with Crippen LogP contribution in [0.1, 0.15) is 43.9 Å². The highest BCUT2D eigenvalue weighted by atomic mass is 16.5. The van der Waals surface area contributed by atoms with Gasteiger partial charge in [0.2, 0.25) is 0 Å². The number of carbonyl (C=O) groups excluding carboxylic acids is 2. The van der Waals surface area contributed by atoms with Crippen LogP contribution >= 0.6 is 0 Å². The minimum Gasteiger partial charge on any atom is -0.469 e. The minimum absolute atomic E-state index is 0.0943. The van der Waals surface area contributed by atoms with Gasteiger partial charge in [0.15, 0.2) is 0 Å². The standard InChI is InChI=1S/C27H30O4/c1-7-21(18-25(28)30-6)11-10-20(3)26(29)31-24-16-14-23(15-17-24)27(4,5)22-12-8-19(2)9-13-22/h7-17H,1,18H2,2-6H3/b20-10+,21-11+. The topological polar surface area (TPSA) is 52.6 Å². The molecule has 0 saturated carbocycles. The summed E-state index contributed by atoms with van der Waals surface area (Å²) in [5.41, 5.74) is 4.47. The van der Waals surface area contributed by atoms with Crippen LogP contribution in [-0.4, -0.2) is 19.0 Å². The summed E-state index contributed by atoms with van der Waals surface area (Å²) in [7, 11) is 1.33. The van der Waals surface area contributed by atoms with Gasteiger partial charge < -0.3 is 9.47 Å². The van der Waals surface area contributed by atoms with Crippen LogP contribution < -0.4 is 4.74 Å². The monoisotopic (exact) mass is 418 g/mol. The molecule has 4 nitrogen and oxygen atoms in total. The maximum absolute atomic E-state index is 12.4. The summed E-state index contributed by atoms with van der Waals surface area (Å²) in [6, 6.07) is 16.1. The Kier molecular flexibility index (Phi) is 8.14. The Morgan fingerprint density at radius 1 is 0.968 bits per heavy atom. The van der Waals surface area contributed by atoms with Crippen molar-refractivity contribution in [3.05, 3.63) is 101 Å². The molecule has 0 spiro atoms. The fourth-order valence-corrected chi connectivity index (χ4v) is 3.00. The zero-order chi connectivity index (χ0) is 23.0. The normalized spacial score (nSPS) is 12.3. The Morgan fingerprint density at radius 2 is 1.52 bits per heavy atom. The summed E-state index contributed by atoms with van der Waals surface area (Å²) in [5.74, 6) is -0.347. The summed E-state index contributed by atoms with van der Waals surface area (Å²) in [4.78, 5) is 23.8. The third kappa shape index (κ3) is 6.54. The lowest BCUT2D eigenvalue weighted by atomic mass is 9.78. The lowest BCUT2D eigenvalue weighted by Crippen LogP contribution is -2.18. The van der Waals surface area contributed by atoms with E-state index in [0.29, 0.717) is 16.9 Å². The molecule has 2 aromatic carbocycles. The van der Waals surface area contributed by atoms with Crippen molar-refractivity contribution in [3.8, 4) is 5.75 Å². The smallest absolute Gasteiger partial charge is 0.339 e. The van der Waals surface area contributed by atoms with Crippen LogP contribution in [0.4, 0.5) is 0 Å². The molecule has 162 valence electrons. The van der Waals surface area contributed by atoms with Crippen LogP contribution in [0.2, 0.25) is 0 Å². The number of hydrogen-bond donors (Lipinski definition) is 0. The molecule has 2 aromatic rings. The Balaban J connectivity index is 2.09. The quantitative estimate of drug-likeness (QED) is 0.234. The number of allylic oxidation sites excluding steroid dienone is 3. The van der Waals surface area contributed by atoms with Gasteiger partial charge in [-0.1, -0.05) is 80.6 Å². The summed E-state index contributed by atoms with van der Waals surface area (Å²) in [6.45, 7) is 11.7. The van der Waals surface area contributed by atoms with E-state index >= 15 is 0 Å². The molecule has 0 aliphatic rings. The van der Waals surface area contributed by atoms with E-state index in [2.05, 4.69) is 56.4 Å². The molecule has 0 amide bonds. The lowest BCUT2D eigenvalue weighted by molar-refractivity contribution is -0.139. The van der Waals surface area contributed by atoms with E-state index in [-0.39, 0.29) is 17.8 Å². The molecule has 2 rings (SSSR count). The second-order valence-electron chi connectivity index (χ2n) is 7.95. The number of aryl methyl sites for hydroxylation is 1. The van der Waals surface area contributed by atoms with Crippen LogP contribution in [0.15, 0.2) is 84.5 Å². The third-order valence-electron chi connectivity index (χ3n) is 5.27. The van der Waals surface area contributed by atoms with Crippen molar-refractivity contribution in [2.45, 2.75) is 39.5 Å². The van der Waals surface area contributed by atoms with Crippen LogP contribution in [0.25, 0.3) is 0 Å². The molecule has 4 heteroatoms. The van der Waals surface area contributed by atoms with E-state index < -0.39 is 5.97 Å². The van der Waals surface area contributed by atoms with E-state index in [0.717, 1.165) is 5.56 Å². The van der Waals surface area contributed by atoms with Gasteiger partial charge in [0.1, 0.15) is 5.75 Å². The van der Waals surface area contributed by atoms with Gasteiger partial charge in [-0.25, -0.2) is 4.79 Å². The average molecular weight is 419 g/mol. The Labute approximate surface area is 184 Å². The molecule has 0 aromatic heterocycles. The zero-order valence-corrected chi connectivity index (χ0v) is 18.9. The maximum atomic E-state index is 12.4. The first kappa shape index (κ1) is 23.9. The van der Waals surface area contributed by atoms with Crippen LogP contribution in [0.5, 0.6) is 5.75 Å². The fourth-order valence-electron chi connectivity index (χ4n) is 3.00. The third-order valence-corrected chi connectivity index (χ3v) is 5.27. The number of carbonyl (C=O) groups is 2. The molecule has 0 bridgehead atoms. The second-order valence-corrected chi connectivity index (χ2v) is 7.95. The average Bonchev–Trinajstić information content (AvgIpc) is 2.76. The molecule has 0 fully saturated rings. The van der Waals surface area contributed by atoms with E-state index in [4.69, 9.17) is 4.74 Å². The minimum atomic E-state index is -0.455. The number of esters is 2. The van der Waals surface area contributed by atoms with Crippen molar-refractivity contribution in [1.82, 2.24) is 0 Å². The molecule has 31 heavy (non-hydrogen) atoms. The molecule has 0 aliphatic heterocycles. The number of methoxy groups -OCH3 is 1. The van der Waals surface area contributed by atoms with Gasteiger partial charge in [0, 0.05) is 11.0 Å². The number of benzene rings is 2. The van der Waals surface area contributed by atoms with E-state index in [9.17, 15) is 9.59 Å². The molecule has 0 N–H and O–H groups in total. The highest BCUT2D eigenvalue weighted by Crippen LogP contribution is 2.32. The molecule has 0 atom stereocenters. The predicted molar refractivity (Wildman–Crippen MR) is 124 cm³/mol. The fraction of sp³-hybridized carbons (Fsp3) is 0.259. The van der Waals surface area contributed by atoms with Crippen molar-refractivity contribution in [2.24, 2.45) is 0 Å². The van der Waals surface area contributed by atoms with Gasteiger partial charge >= 0.3 is 11.9 Å². The van der Waals surface area contributed by atoms with Crippen molar-refractivity contribution < 1.29 is 19.1 Å². The molecule has 0 aliphatic carbocycles. The maximum Gasteiger partial charge on any atom is 0.339 e. The first-order valence-electron chi connectivity index (χ1n) is 10.1. The zero-order valence-electron chi connectivity index (χ0n) is 18.9. The largest absolute Gasteiger partial charge is 0.469 e. The number of ether oxygens (including phenoxy) is 2. The first-order chi connectivity index (χ1) is 14.7. The molecular formula is C27H30O4. The van der Waals surface area contributed by atoms with Crippen LogP contribution in [-0.2, 0) is 19.7 Å².